The topological polar surface area (TPSA) is 48.7 Å². The Morgan fingerprint density at radius 2 is 1.50 bits per heavy atom. The molecule has 0 radical (unpaired) electrons. The van der Waals surface area contributed by atoms with Gasteiger partial charge in [-0.25, -0.2) is 4.79 Å². The van der Waals surface area contributed by atoms with Gasteiger partial charge in [-0.1, -0.05) is 41.5 Å². The van der Waals surface area contributed by atoms with Crippen molar-refractivity contribution in [3.63, 3.8) is 0 Å². The number of anilines is 1. The minimum Gasteiger partial charge on any atom is -0.465 e. The molecule has 1 fully saturated rings. The summed E-state index contributed by atoms with van der Waals surface area (Å²) in [6.45, 7) is 16.5. The van der Waals surface area contributed by atoms with E-state index in [1.807, 2.05) is 0 Å². The van der Waals surface area contributed by atoms with E-state index < -0.39 is 6.09 Å². The second-order valence-corrected chi connectivity index (χ2v) is 9.87. The fraction of sp³-hybridized carbons (Fsp3) is 0.591. The summed E-state index contributed by atoms with van der Waals surface area (Å²) < 4.78 is 2.52. The summed E-state index contributed by atoms with van der Waals surface area (Å²) in [5.41, 5.74) is 7.09. The maximum absolute atomic E-state index is 11.3. The van der Waals surface area contributed by atoms with Crippen molar-refractivity contribution in [3.05, 3.63) is 29.0 Å². The van der Waals surface area contributed by atoms with Gasteiger partial charge in [0.2, 0.25) is 0 Å². The summed E-state index contributed by atoms with van der Waals surface area (Å²) in [6, 6.07) is 4.57. The first kappa shape index (κ1) is 20.8. The Hall–Kier alpha value is -1.95. The number of hydrogen-bond acceptors (Lipinski definition) is 2. The Morgan fingerprint density at radius 1 is 0.929 bits per heavy atom. The minimum atomic E-state index is -0.809. The lowest BCUT2D eigenvalue weighted by atomic mass is 9.88. The summed E-state index contributed by atoms with van der Waals surface area (Å²) in [6.07, 6.45) is -0.809. The van der Waals surface area contributed by atoms with Crippen LogP contribution in [-0.2, 0) is 0 Å². The van der Waals surface area contributed by atoms with Gasteiger partial charge in [-0.05, 0) is 41.0 Å². The quantitative estimate of drug-likeness (QED) is 0.790. The molecule has 1 aliphatic heterocycles. The first-order valence-electron chi connectivity index (χ1n) is 10.5. The second kappa shape index (κ2) is 7.82. The molecular weight excluding hydrogens is 366 g/mol. The number of carboxylic acid groups (broad SMARTS) is 1. The van der Waals surface area contributed by atoms with Crippen LogP contribution in [0.5, 0.6) is 0 Å². The molecule has 0 aliphatic carbocycles. The fourth-order valence-corrected chi connectivity index (χ4v) is 6.01. The molecule has 0 unspecified atom stereocenters. The molecule has 5 nitrogen and oxygen atoms in total. The van der Waals surface area contributed by atoms with Gasteiger partial charge in [0, 0.05) is 48.5 Å². The molecular formula is C22H35N3O2Si. The number of hydrogen-bond donors (Lipinski definition) is 1. The van der Waals surface area contributed by atoms with Crippen molar-refractivity contribution in [2.24, 2.45) is 0 Å². The minimum absolute atomic E-state index is 0.415. The molecule has 1 N–H and O–H groups in total. The molecule has 6 heteroatoms. The molecule has 0 spiro atoms. The predicted molar refractivity (Wildman–Crippen MR) is 121 cm³/mol. The van der Waals surface area contributed by atoms with E-state index in [4.69, 9.17) is 0 Å². The van der Waals surface area contributed by atoms with E-state index in [9.17, 15) is 9.90 Å². The molecule has 1 aliphatic rings. The van der Waals surface area contributed by atoms with Crippen LogP contribution in [0, 0.1) is 0 Å². The van der Waals surface area contributed by atoms with Crippen molar-refractivity contribution in [1.82, 2.24) is 9.13 Å². The molecule has 154 valence electrons. The molecule has 1 aromatic carbocycles. The number of rotatable bonds is 4. The number of benzene rings is 1. The van der Waals surface area contributed by atoms with Crippen molar-refractivity contribution in [1.29, 1.82) is 0 Å². The zero-order valence-electron chi connectivity index (χ0n) is 18.4. The number of piperazine rings is 1. The van der Waals surface area contributed by atoms with Crippen LogP contribution in [0.25, 0.3) is 10.9 Å². The van der Waals surface area contributed by atoms with Crippen LogP contribution in [0.15, 0.2) is 12.1 Å². The molecule has 0 bridgehead atoms. The summed E-state index contributed by atoms with van der Waals surface area (Å²) in [5, 5.41) is 10.7. The van der Waals surface area contributed by atoms with Gasteiger partial charge < -0.3 is 19.1 Å². The number of nitrogens with zero attached hydrogens (tertiary/aromatic N) is 3. The molecule has 1 aromatic heterocycles. The van der Waals surface area contributed by atoms with Crippen LogP contribution in [0.3, 0.4) is 0 Å². The number of fused-ring (bicyclic) bond motifs is 1. The first-order valence-corrected chi connectivity index (χ1v) is 11.4. The highest BCUT2D eigenvalue weighted by Gasteiger charge is 2.27. The highest BCUT2D eigenvalue weighted by atomic mass is 28.2. The fourth-order valence-electron chi connectivity index (χ4n) is 4.88. The Balaban J connectivity index is 2.19. The van der Waals surface area contributed by atoms with Crippen molar-refractivity contribution in [2.45, 2.75) is 59.3 Å². The summed E-state index contributed by atoms with van der Waals surface area (Å²) in [5.74, 6) is 1.40. The Bertz CT molecular complexity index is 878. The average Bonchev–Trinajstić information content (AvgIpc) is 2.94. The van der Waals surface area contributed by atoms with Gasteiger partial charge in [-0.15, -0.1) is 0 Å². The van der Waals surface area contributed by atoms with Crippen LogP contribution in [-0.4, -0.2) is 56.9 Å². The third-order valence-electron chi connectivity index (χ3n) is 6.06. The lowest BCUT2D eigenvalue weighted by molar-refractivity contribution is 0.142. The van der Waals surface area contributed by atoms with Crippen molar-refractivity contribution in [2.75, 3.05) is 31.1 Å². The van der Waals surface area contributed by atoms with Gasteiger partial charge in [0.05, 0.1) is 0 Å². The van der Waals surface area contributed by atoms with Crippen LogP contribution >= 0.6 is 0 Å². The van der Waals surface area contributed by atoms with E-state index >= 15 is 0 Å². The molecule has 1 amide bonds. The van der Waals surface area contributed by atoms with Gasteiger partial charge in [0.1, 0.15) is 10.4 Å². The van der Waals surface area contributed by atoms with Crippen molar-refractivity contribution < 1.29 is 9.90 Å². The molecule has 0 saturated carbocycles. The van der Waals surface area contributed by atoms with Crippen LogP contribution in [0.4, 0.5) is 10.5 Å². The zero-order valence-corrected chi connectivity index (χ0v) is 20.4. The van der Waals surface area contributed by atoms with Gasteiger partial charge >= 0.3 is 6.09 Å². The lowest BCUT2D eigenvalue weighted by Gasteiger charge is -2.36. The highest BCUT2D eigenvalue weighted by Crippen LogP contribution is 2.43. The first-order chi connectivity index (χ1) is 13.1. The van der Waals surface area contributed by atoms with E-state index in [2.05, 4.69) is 62.8 Å². The summed E-state index contributed by atoms with van der Waals surface area (Å²) in [7, 11) is 0.981. The second-order valence-electron chi connectivity index (χ2n) is 8.97. The van der Waals surface area contributed by atoms with E-state index in [1.165, 1.54) is 38.3 Å². The molecule has 1 saturated heterocycles. The van der Waals surface area contributed by atoms with E-state index in [0.29, 0.717) is 30.8 Å². The summed E-state index contributed by atoms with van der Waals surface area (Å²) >= 11 is 0. The smallest absolute Gasteiger partial charge is 0.407 e. The van der Waals surface area contributed by atoms with Crippen LogP contribution in [0.1, 0.15) is 76.1 Å². The average molecular weight is 402 g/mol. The third-order valence-corrected chi connectivity index (χ3v) is 7.02. The van der Waals surface area contributed by atoms with Gasteiger partial charge in [-0.2, -0.15) is 0 Å². The number of aromatic nitrogens is 1. The molecule has 2 aromatic rings. The van der Waals surface area contributed by atoms with E-state index in [-0.39, 0.29) is 0 Å². The van der Waals surface area contributed by atoms with Crippen LogP contribution < -0.4 is 4.90 Å². The molecule has 28 heavy (non-hydrogen) atoms. The molecule has 2 heterocycles. The van der Waals surface area contributed by atoms with Gasteiger partial charge in [-0.3, -0.25) is 0 Å². The Morgan fingerprint density at radius 3 is 1.96 bits per heavy atom. The maximum Gasteiger partial charge on any atom is 0.407 e. The Kier molecular flexibility index (Phi) is 5.80. The molecule has 0 atom stereocenters. The highest BCUT2D eigenvalue weighted by molar-refractivity contribution is 6.14. The standard InChI is InChI=1S/C22H35N3O2Si/c1-13(2)18-16(23-9-11-24(12-10-23)22(26)27)7-8-17-20(18)19(14(3)4)21(15(5)6)25(17)28/h7-8,13-15H,9-12H2,1-6,28H3,(H,26,27). The van der Waals surface area contributed by atoms with Crippen LogP contribution in [0.2, 0.25) is 0 Å². The Labute approximate surface area is 171 Å². The number of carbonyl (C=O) groups is 1. The normalized spacial score (nSPS) is 15.6. The van der Waals surface area contributed by atoms with Crippen molar-refractivity contribution in [3.8, 4) is 0 Å². The monoisotopic (exact) mass is 401 g/mol. The SMILES string of the molecule is CC(C)c1c(N2CCN(C(=O)O)CC2)ccc2c1c(C(C)C)c(C(C)C)n2[SiH3]. The van der Waals surface area contributed by atoms with E-state index in [1.54, 1.807) is 0 Å². The van der Waals surface area contributed by atoms with Gasteiger partial charge in [0.25, 0.3) is 0 Å². The number of amides is 1. The van der Waals surface area contributed by atoms with Crippen molar-refractivity contribution >= 4 is 33.1 Å². The van der Waals surface area contributed by atoms with Gasteiger partial charge in [0.15, 0.2) is 0 Å². The zero-order chi connectivity index (χ0) is 20.7. The third kappa shape index (κ3) is 3.43. The maximum atomic E-state index is 11.3. The predicted octanol–water partition coefficient (Wildman–Crippen LogP) is 3.94. The molecule has 3 rings (SSSR count). The largest absolute Gasteiger partial charge is 0.465 e. The van der Waals surface area contributed by atoms with E-state index in [0.717, 1.165) is 23.5 Å². The summed E-state index contributed by atoms with van der Waals surface area (Å²) in [4.78, 5) is 15.2. The lowest BCUT2D eigenvalue weighted by Crippen LogP contribution is -2.48.